The first-order chi connectivity index (χ1) is 9.77. The molecule has 0 saturated carbocycles. The number of amides is 1. The minimum atomic E-state index is -3.69. The number of hydrogen-bond acceptors (Lipinski definition) is 4. The van der Waals surface area contributed by atoms with Crippen molar-refractivity contribution in [1.82, 2.24) is 5.32 Å². The van der Waals surface area contributed by atoms with Crippen LogP contribution in [0.25, 0.3) is 0 Å². The van der Waals surface area contributed by atoms with Crippen LogP contribution in [-0.4, -0.2) is 14.3 Å². The molecule has 21 heavy (non-hydrogen) atoms. The topological polar surface area (TPSA) is 89.3 Å². The third kappa shape index (κ3) is 4.13. The van der Waals surface area contributed by atoms with Gasteiger partial charge >= 0.3 is 0 Å². The van der Waals surface area contributed by atoms with Crippen LogP contribution in [0.5, 0.6) is 0 Å². The van der Waals surface area contributed by atoms with Gasteiger partial charge in [0.05, 0.1) is 12.1 Å². The lowest BCUT2D eigenvalue weighted by Crippen LogP contribution is -2.22. The first kappa shape index (κ1) is 16.2. The van der Waals surface area contributed by atoms with Gasteiger partial charge in [-0.15, -0.1) is 11.3 Å². The van der Waals surface area contributed by atoms with E-state index in [0.29, 0.717) is 5.56 Å². The fraction of sp³-hybridized carbons (Fsp3) is 0.154. The molecule has 3 N–H and O–H groups in total. The number of carbonyl (C=O) groups excluding carboxylic acids is 1. The number of benzene rings is 1. The maximum atomic E-state index is 12.1. The average Bonchev–Trinajstić information content (AvgIpc) is 2.84. The van der Waals surface area contributed by atoms with E-state index in [0.717, 1.165) is 26.3 Å². The summed E-state index contributed by atoms with van der Waals surface area (Å²) in [6, 6.07) is 8.51. The second kappa shape index (κ2) is 6.27. The van der Waals surface area contributed by atoms with Gasteiger partial charge in [0.15, 0.2) is 0 Å². The summed E-state index contributed by atoms with van der Waals surface area (Å²) in [5.41, 5.74) is 1.58. The summed E-state index contributed by atoms with van der Waals surface area (Å²) in [5.74, 6) is -0.229. The van der Waals surface area contributed by atoms with Crippen LogP contribution in [-0.2, 0) is 16.6 Å². The summed E-state index contributed by atoms with van der Waals surface area (Å²) >= 11 is 4.39. The zero-order chi connectivity index (χ0) is 15.6. The molecule has 0 atom stereocenters. The van der Waals surface area contributed by atoms with Crippen molar-refractivity contribution in [2.75, 3.05) is 0 Å². The number of thiophene rings is 1. The molecule has 0 aliphatic rings. The van der Waals surface area contributed by atoms with E-state index in [1.165, 1.54) is 6.07 Å². The standard InChI is InChI=1S/C13H13BrN2O3S2/c1-8-2-4-10(11(14)6-8)13(17)16-7-9-3-5-12(20-9)21(15,18)19/h2-6H,7H2,1H3,(H,16,17)(H2,15,18,19). The first-order valence-electron chi connectivity index (χ1n) is 5.93. The summed E-state index contributed by atoms with van der Waals surface area (Å²) in [5, 5.41) is 7.79. The van der Waals surface area contributed by atoms with E-state index in [-0.39, 0.29) is 16.7 Å². The molecule has 0 aliphatic heterocycles. The Kier molecular flexibility index (Phi) is 4.82. The highest BCUT2D eigenvalue weighted by molar-refractivity contribution is 9.10. The Morgan fingerprint density at radius 2 is 2.05 bits per heavy atom. The van der Waals surface area contributed by atoms with E-state index in [1.807, 2.05) is 19.1 Å². The molecule has 0 spiro atoms. The van der Waals surface area contributed by atoms with Crippen molar-refractivity contribution >= 4 is 43.2 Å². The van der Waals surface area contributed by atoms with Crippen molar-refractivity contribution in [2.45, 2.75) is 17.7 Å². The third-order valence-electron chi connectivity index (χ3n) is 2.71. The minimum absolute atomic E-state index is 0.0864. The molecule has 2 aromatic rings. The number of nitrogens with one attached hydrogen (secondary N) is 1. The fourth-order valence-corrected chi connectivity index (χ4v) is 4.06. The highest BCUT2D eigenvalue weighted by Gasteiger charge is 2.13. The number of aryl methyl sites for hydroxylation is 1. The van der Waals surface area contributed by atoms with Crippen LogP contribution in [0, 0.1) is 6.92 Å². The zero-order valence-electron chi connectivity index (χ0n) is 11.1. The van der Waals surface area contributed by atoms with Gasteiger partial charge in [0, 0.05) is 9.35 Å². The van der Waals surface area contributed by atoms with Crippen LogP contribution in [0.15, 0.2) is 39.0 Å². The quantitative estimate of drug-likeness (QED) is 0.842. The Labute approximate surface area is 135 Å². The smallest absolute Gasteiger partial charge is 0.252 e. The monoisotopic (exact) mass is 388 g/mol. The van der Waals surface area contributed by atoms with Crippen LogP contribution in [0.3, 0.4) is 0 Å². The predicted molar refractivity (Wildman–Crippen MR) is 85.7 cm³/mol. The van der Waals surface area contributed by atoms with Crippen LogP contribution >= 0.6 is 27.3 Å². The average molecular weight is 389 g/mol. The molecular formula is C13H13BrN2O3S2. The van der Waals surface area contributed by atoms with Crippen LogP contribution < -0.4 is 10.5 Å². The van der Waals surface area contributed by atoms with Gasteiger partial charge in [0.1, 0.15) is 4.21 Å². The highest BCUT2D eigenvalue weighted by atomic mass is 79.9. The van der Waals surface area contributed by atoms with Crippen molar-refractivity contribution < 1.29 is 13.2 Å². The normalized spacial score (nSPS) is 11.4. The van der Waals surface area contributed by atoms with Gasteiger partial charge in [-0.05, 0) is 52.7 Å². The number of rotatable bonds is 4. The van der Waals surface area contributed by atoms with E-state index < -0.39 is 10.0 Å². The zero-order valence-corrected chi connectivity index (χ0v) is 14.3. The highest BCUT2D eigenvalue weighted by Crippen LogP contribution is 2.21. The van der Waals surface area contributed by atoms with Gasteiger partial charge in [0.2, 0.25) is 10.0 Å². The Morgan fingerprint density at radius 3 is 2.62 bits per heavy atom. The maximum absolute atomic E-state index is 12.1. The number of hydrogen-bond donors (Lipinski definition) is 2. The van der Waals surface area contributed by atoms with Crippen LogP contribution in [0.4, 0.5) is 0 Å². The number of sulfonamides is 1. The van der Waals surface area contributed by atoms with E-state index in [2.05, 4.69) is 21.2 Å². The molecule has 1 heterocycles. The summed E-state index contributed by atoms with van der Waals surface area (Å²) < 4.78 is 23.2. The largest absolute Gasteiger partial charge is 0.347 e. The Balaban J connectivity index is 2.06. The first-order valence-corrected chi connectivity index (χ1v) is 9.09. The molecule has 112 valence electrons. The molecule has 0 aliphatic carbocycles. The molecular weight excluding hydrogens is 376 g/mol. The second-order valence-electron chi connectivity index (χ2n) is 4.43. The molecule has 1 aromatic heterocycles. The molecule has 0 radical (unpaired) electrons. The summed E-state index contributed by atoms with van der Waals surface area (Å²) in [4.78, 5) is 12.8. The molecule has 0 bridgehead atoms. The summed E-state index contributed by atoms with van der Waals surface area (Å²) in [6.07, 6.45) is 0. The van der Waals surface area contributed by atoms with E-state index >= 15 is 0 Å². The molecule has 0 unspecified atom stereocenters. The van der Waals surface area contributed by atoms with Gasteiger partial charge < -0.3 is 5.32 Å². The maximum Gasteiger partial charge on any atom is 0.252 e. The van der Waals surface area contributed by atoms with Crippen molar-refractivity contribution in [3.05, 3.63) is 50.8 Å². The van der Waals surface area contributed by atoms with Crippen molar-refractivity contribution in [1.29, 1.82) is 0 Å². The van der Waals surface area contributed by atoms with Gasteiger partial charge in [-0.2, -0.15) is 0 Å². The van der Waals surface area contributed by atoms with E-state index in [1.54, 1.807) is 12.1 Å². The second-order valence-corrected chi connectivity index (χ2v) is 8.24. The van der Waals surface area contributed by atoms with Crippen molar-refractivity contribution in [3.8, 4) is 0 Å². The lowest BCUT2D eigenvalue weighted by molar-refractivity contribution is 0.0950. The SMILES string of the molecule is Cc1ccc(C(=O)NCc2ccc(S(N)(=O)=O)s2)c(Br)c1. The molecule has 8 heteroatoms. The molecule has 0 saturated heterocycles. The molecule has 2 rings (SSSR count). The molecule has 0 fully saturated rings. The number of carbonyl (C=O) groups is 1. The van der Waals surface area contributed by atoms with Gasteiger partial charge in [-0.3, -0.25) is 4.79 Å². The minimum Gasteiger partial charge on any atom is -0.347 e. The molecule has 1 aromatic carbocycles. The van der Waals surface area contributed by atoms with Gasteiger partial charge in [-0.1, -0.05) is 6.07 Å². The number of halogens is 1. The van der Waals surface area contributed by atoms with Crippen molar-refractivity contribution in [2.24, 2.45) is 5.14 Å². The fourth-order valence-electron chi connectivity index (χ4n) is 1.67. The summed E-state index contributed by atoms with van der Waals surface area (Å²) in [7, 11) is -3.69. The predicted octanol–water partition coefficient (Wildman–Crippen LogP) is 2.40. The number of primary sulfonamides is 1. The van der Waals surface area contributed by atoms with Gasteiger partial charge in [0.25, 0.3) is 5.91 Å². The Bertz CT molecular complexity index is 784. The Morgan fingerprint density at radius 1 is 1.33 bits per heavy atom. The lowest BCUT2D eigenvalue weighted by Gasteiger charge is -2.06. The van der Waals surface area contributed by atoms with Gasteiger partial charge in [-0.25, -0.2) is 13.6 Å². The van der Waals surface area contributed by atoms with Crippen molar-refractivity contribution in [3.63, 3.8) is 0 Å². The number of nitrogens with two attached hydrogens (primary N) is 1. The van der Waals surface area contributed by atoms with E-state index in [4.69, 9.17) is 5.14 Å². The molecule has 5 nitrogen and oxygen atoms in total. The molecule has 1 amide bonds. The third-order valence-corrected chi connectivity index (χ3v) is 5.89. The van der Waals surface area contributed by atoms with Crippen LogP contribution in [0.2, 0.25) is 0 Å². The summed E-state index contributed by atoms with van der Waals surface area (Å²) in [6.45, 7) is 2.19. The van der Waals surface area contributed by atoms with E-state index in [9.17, 15) is 13.2 Å². The Hall–Kier alpha value is -1.22. The lowest BCUT2D eigenvalue weighted by atomic mass is 10.1. The van der Waals surface area contributed by atoms with Crippen LogP contribution in [0.1, 0.15) is 20.8 Å².